The third-order valence-corrected chi connectivity index (χ3v) is 12.1. The highest BCUT2D eigenvalue weighted by Crippen LogP contribution is 2.46. The van der Waals surface area contributed by atoms with Crippen LogP contribution < -0.4 is 9.47 Å². The Balaban J connectivity index is 0.951. The Labute approximate surface area is 383 Å². The van der Waals surface area contributed by atoms with Crippen LogP contribution in [0.1, 0.15) is 60.5 Å². The van der Waals surface area contributed by atoms with Gasteiger partial charge < -0.3 is 38.4 Å². The van der Waals surface area contributed by atoms with Gasteiger partial charge in [-0.3, -0.25) is 9.80 Å². The zero-order valence-corrected chi connectivity index (χ0v) is 37.2. The summed E-state index contributed by atoms with van der Waals surface area (Å²) in [5.41, 5.74) is 8.90. The van der Waals surface area contributed by atoms with Crippen molar-refractivity contribution in [3.8, 4) is 45.0 Å². The number of hydrogen-bond donors (Lipinski definition) is 2. The number of fused-ring (bicyclic) bond motifs is 1. The Hall–Kier alpha value is -7.16. The summed E-state index contributed by atoms with van der Waals surface area (Å²) in [7, 11) is 3.27. The van der Waals surface area contributed by atoms with Gasteiger partial charge in [-0.05, 0) is 77.8 Å². The van der Waals surface area contributed by atoms with Gasteiger partial charge in [-0.25, -0.2) is 19.6 Å². The number of benzene rings is 5. The minimum atomic E-state index is -0.366. The summed E-state index contributed by atoms with van der Waals surface area (Å²) < 4.78 is 35.2. The Morgan fingerprint density at radius 1 is 0.606 bits per heavy atom. The molecular weight excluding hydrogens is 837 g/mol. The van der Waals surface area contributed by atoms with Gasteiger partial charge in [0.05, 0.1) is 48.2 Å². The molecule has 0 radical (unpaired) electrons. The number of methoxy groups -OCH3 is 2. The molecule has 4 heterocycles. The smallest absolute Gasteiger partial charge is 0.410 e. The van der Waals surface area contributed by atoms with Gasteiger partial charge in [-0.15, -0.1) is 0 Å². The zero-order chi connectivity index (χ0) is 45.2. The number of rotatable bonds is 17. The molecule has 2 atom stereocenters. The van der Waals surface area contributed by atoms with E-state index in [0.29, 0.717) is 50.2 Å². The minimum absolute atomic E-state index is 0.187. The number of hydrogen-bond acceptors (Lipinski definition) is 10. The van der Waals surface area contributed by atoms with Crippen LogP contribution in [-0.2, 0) is 32.2 Å². The molecule has 2 aliphatic rings. The van der Waals surface area contributed by atoms with Crippen LogP contribution in [-0.4, -0.2) is 95.7 Å². The molecule has 14 nitrogen and oxygen atoms in total. The first-order chi connectivity index (χ1) is 32.5. The van der Waals surface area contributed by atoms with Crippen molar-refractivity contribution in [2.45, 2.75) is 51.0 Å². The van der Waals surface area contributed by atoms with E-state index in [4.69, 9.17) is 38.4 Å². The number of ether oxygens (including phenoxy) is 6. The molecule has 0 saturated carbocycles. The van der Waals surface area contributed by atoms with E-state index < -0.39 is 0 Å². The van der Waals surface area contributed by atoms with Crippen LogP contribution in [0.4, 0.5) is 9.59 Å². The molecule has 14 heteroatoms. The van der Waals surface area contributed by atoms with Gasteiger partial charge in [-0.1, -0.05) is 91.0 Å². The Morgan fingerprint density at radius 2 is 1.15 bits per heavy atom. The number of carbonyl (C=O) groups is 2. The topological polar surface area (TPSA) is 153 Å². The highest BCUT2D eigenvalue weighted by molar-refractivity contribution is 5.85. The number of amides is 2. The van der Waals surface area contributed by atoms with Crippen molar-refractivity contribution in [1.82, 2.24) is 29.7 Å². The zero-order valence-electron chi connectivity index (χ0n) is 37.2. The number of aromatic amines is 2. The number of aromatic nitrogens is 4. The molecule has 2 fully saturated rings. The minimum Gasteiger partial charge on any atom is -0.487 e. The largest absolute Gasteiger partial charge is 0.487 e. The van der Waals surface area contributed by atoms with E-state index in [2.05, 4.69) is 46.4 Å². The maximum Gasteiger partial charge on any atom is 0.410 e. The van der Waals surface area contributed by atoms with E-state index >= 15 is 0 Å². The lowest BCUT2D eigenvalue weighted by molar-refractivity contribution is 0.0903. The lowest BCUT2D eigenvalue weighted by Gasteiger charge is -2.22. The molecule has 0 aliphatic carbocycles. The molecule has 0 spiro atoms. The third-order valence-electron chi connectivity index (χ3n) is 12.1. The van der Waals surface area contributed by atoms with E-state index in [1.54, 1.807) is 30.2 Å². The summed E-state index contributed by atoms with van der Waals surface area (Å²) in [4.78, 5) is 46.7. The fourth-order valence-electron chi connectivity index (χ4n) is 8.74. The van der Waals surface area contributed by atoms with Gasteiger partial charge >= 0.3 is 12.2 Å². The molecule has 0 bridgehead atoms. The van der Waals surface area contributed by atoms with Crippen molar-refractivity contribution in [2.75, 3.05) is 53.7 Å². The molecular formula is C52H54N6O8. The predicted octanol–water partition coefficient (Wildman–Crippen LogP) is 10.3. The Bertz CT molecular complexity index is 2720. The molecule has 7 aromatic rings. The van der Waals surface area contributed by atoms with Crippen LogP contribution in [0.2, 0.25) is 0 Å². The maximum atomic E-state index is 13.3. The second-order valence-corrected chi connectivity index (χ2v) is 16.4. The van der Waals surface area contributed by atoms with Gasteiger partial charge in [0, 0.05) is 38.4 Å². The first-order valence-corrected chi connectivity index (χ1v) is 22.5. The number of likely N-dealkylation sites (tertiary alicyclic amines) is 2. The third kappa shape index (κ3) is 9.89. The Kier molecular flexibility index (Phi) is 13.9. The number of carbonyl (C=O) groups excluding carboxylic acids is 2. The van der Waals surface area contributed by atoms with Crippen LogP contribution in [0.3, 0.4) is 0 Å². The van der Waals surface area contributed by atoms with Gasteiger partial charge in [-0.2, -0.15) is 0 Å². The van der Waals surface area contributed by atoms with Crippen molar-refractivity contribution in [1.29, 1.82) is 0 Å². The van der Waals surface area contributed by atoms with Gasteiger partial charge in [0.1, 0.15) is 38.1 Å². The number of H-pyrrole nitrogens is 2. The van der Waals surface area contributed by atoms with Crippen molar-refractivity contribution in [3.63, 3.8) is 0 Å². The standard InChI is InChI=1S/C52H54N6O8/c1-61-27-29-63-47-40(22-23-41(48(47)64-30-28-62-2)44-32-53-49(56-44)45-15-9-25-57(45)51(59)65-33-35-11-5-3-6-12-35)38-19-17-37(18-20-38)39-21-24-42-43(31-39)55-50(54-42)46-16-10-26-58(46)52(60)66-34-36-13-7-4-8-14-36/h3-8,11-14,17-24,31-32,45-46H,9-10,15-16,25-30,33-34H2,1-2H3,(H,53,56)(H,54,55)/t45-,46-/m0/s1. The Morgan fingerprint density at radius 3 is 1.76 bits per heavy atom. The average Bonchev–Trinajstić information content (AvgIpc) is 4.21. The predicted molar refractivity (Wildman–Crippen MR) is 250 cm³/mol. The van der Waals surface area contributed by atoms with Crippen LogP contribution in [0.5, 0.6) is 11.5 Å². The molecule has 340 valence electrons. The molecule has 66 heavy (non-hydrogen) atoms. The molecule has 0 unspecified atom stereocenters. The number of imidazole rings is 2. The highest BCUT2D eigenvalue weighted by Gasteiger charge is 2.35. The quantitative estimate of drug-likeness (QED) is 0.0845. The van der Waals surface area contributed by atoms with Crippen molar-refractivity contribution in [2.24, 2.45) is 0 Å². The second-order valence-electron chi connectivity index (χ2n) is 16.4. The fourth-order valence-corrected chi connectivity index (χ4v) is 8.74. The molecule has 2 aromatic heterocycles. The summed E-state index contributed by atoms with van der Waals surface area (Å²) in [5.74, 6) is 2.53. The van der Waals surface area contributed by atoms with Gasteiger partial charge in [0.25, 0.3) is 0 Å². The summed E-state index contributed by atoms with van der Waals surface area (Å²) in [5, 5.41) is 0. The summed E-state index contributed by atoms with van der Waals surface area (Å²) in [6, 6.07) is 37.5. The highest BCUT2D eigenvalue weighted by atomic mass is 16.6. The van der Waals surface area contributed by atoms with E-state index in [1.165, 1.54) is 0 Å². The average molecular weight is 891 g/mol. The van der Waals surface area contributed by atoms with Crippen molar-refractivity contribution in [3.05, 3.63) is 144 Å². The fraction of sp³-hybridized carbons (Fsp3) is 0.308. The molecule has 5 aromatic carbocycles. The van der Waals surface area contributed by atoms with Gasteiger partial charge in [0.2, 0.25) is 0 Å². The van der Waals surface area contributed by atoms with Crippen molar-refractivity contribution >= 4 is 23.2 Å². The van der Waals surface area contributed by atoms with Gasteiger partial charge in [0.15, 0.2) is 11.5 Å². The first kappa shape index (κ1) is 44.1. The van der Waals surface area contributed by atoms with E-state index in [9.17, 15) is 9.59 Å². The molecule has 2 saturated heterocycles. The summed E-state index contributed by atoms with van der Waals surface area (Å²) in [6.45, 7) is 2.96. The van der Waals surface area contributed by atoms with E-state index in [-0.39, 0.29) is 44.1 Å². The van der Waals surface area contributed by atoms with Crippen LogP contribution in [0, 0.1) is 0 Å². The SMILES string of the molecule is COCCOc1c(-c2ccc(-c3ccc4nc([C@@H]5CCCN5C(=O)OCc5ccccc5)[nH]c4c3)cc2)ccc(-c2cnc([C@@H]3CCCN3C(=O)OCc3ccccc3)[nH]2)c1OCCOC. The molecule has 2 amide bonds. The van der Waals surface area contributed by atoms with Crippen LogP contribution >= 0.6 is 0 Å². The molecule has 2 aliphatic heterocycles. The molecule has 9 rings (SSSR count). The maximum absolute atomic E-state index is 13.3. The summed E-state index contributed by atoms with van der Waals surface area (Å²) in [6.07, 6.45) is 4.36. The number of nitrogens with one attached hydrogen (secondary N) is 2. The number of nitrogens with zero attached hydrogens (tertiary/aromatic N) is 4. The van der Waals surface area contributed by atoms with E-state index in [0.717, 1.165) is 87.2 Å². The first-order valence-electron chi connectivity index (χ1n) is 22.5. The molecule has 2 N–H and O–H groups in total. The summed E-state index contributed by atoms with van der Waals surface area (Å²) >= 11 is 0. The normalized spacial score (nSPS) is 15.9. The van der Waals surface area contributed by atoms with Crippen molar-refractivity contribution < 1.29 is 38.0 Å². The lowest BCUT2D eigenvalue weighted by Crippen LogP contribution is -2.31. The second kappa shape index (κ2) is 20.8. The van der Waals surface area contributed by atoms with E-state index in [1.807, 2.05) is 78.9 Å². The monoisotopic (exact) mass is 890 g/mol. The van der Waals surface area contributed by atoms with Crippen LogP contribution in [0.25, 0.3) is 44.5 Å². The van der Waals surface area contributed by atoms with Crippen LogP contribution in [0.15, 0.2) is 121 Å². The lowest BCUT2D eigenvalue weighted by atomic mass is 9.97.